The number of aryl methyl sites for hydroxylation is 1. The number of H-pyrrole nitrogens is 1. The summed E-state index contributed by atoms with van der Waals surface area (Å²) in [5, 5.41) is 2.98. The molecule has 0 saturated heterocycles. The van der Waals surface area contributed by atoms with Gasteiger partial charge in [-0.2, -0.15) is 0 Å². The number of hydrogen-bond donors (Lipinski definition) is 2. The fraction of sp³-hybridized carbons (Fsp3) is 0.333. The molecule has 0 aliphatic heterocycles. The summed E-state index contributed by atoms with van der Waals surface area (Å²) in [4.78, 5) is 45.2. The molecule has 0 saturated carbocycles. The standard InChI is InChI=1S/C18H19BrN4O3S/c1-4-23-15-14(17(25)22-18(23)26)11(7-12(21-15)9(2)3)16(24)20-8-10-5-6-13(19)27-10/h5-7,9H,4,8H2,1-3H3,(H,20,24)(H,22,25,26). The van der Waals surface area contributed by atoms with Gasteiger partial charge in [0.05, 0.1) is 21.3 Å². The van der Waals surface area contributed by atoms with Crippen molar-refractivity contribution in [2.75, 3.05) is 0 Å². The van der Waals surface area contributed by atoms with Crippen LogP contribution in [0.1, 0.15) is 47.6 Å². The van der Waals surface area contributed by atoms with Gasteiger partial charge in [-0.3, -0.25) is 19.1 Å². The number of amides is 1. The van der Waals surface area contributed by atoms with E-state index in [1.165, 1.54) is 15.9 Å². The van der Waals surface area contributed by atoms with Gasteiger partial charge in [-0.05, 0) is 47.0 Å². The van der Waals surface area contributed by atoms with E-state index in [1.807, 2.05) is 26.0 Å². The first kappa shape index (κ1) is 19.5. The molecule has 0 aliphatic carbocycles. The van der Waals surface area contributed by atoms with Crippen molar-refractivity contribution >= 4 is 44.2 Å². The van der Waals surface area contributed by atoms with Crippen molar-refractivity contribution in [1.29, 1.82) is 0 Å². The van der Waals surface area contributed by atoms with E-state index in [1.54, 1.807) is 13.0 Å². The average molecular weight is 451 g/mol. The number of halogens is 1. The van der Waals surface area contributed by atoms with E-state index in [9.17, 15) is 14.4 Å². The van der Waals surface area contributed by atoms with Crippen molar-refractivity contribution < 1.29 is 4.79 Å². The molecule has 0 atom stereocenters. The van der Waals surface area contributed by atoms with E-state index < -0.39 is 11.2 Å². The van der Waals surface area contributed by atoms with Gasteiger partial charge in [-0.15, -0.1) is 11.3 Å². The zero-order chi connectivity index (χ0) is 19.7. The molecule has 9 heteroatoms. The maximum Gasteiger partial charge on any atom is 0.329 e. The van der Waals surface area contributed by atoms with E-state index in [0.717, 1.165) is 8.66 Å². The number of carbonyl (C=O) groups is 1. The number of rotatable bonds is 5. The summed E-state index contributed by atoms with van der Waals surface area (Å²) in [5.41, 5.74) is -0.0207. The van der Waals surface area contributed by atoms with E-state index in [0.29, 0.717) is 18.8 Å². The van der Waals surface area contributed by atoms with Crippen molar-refractivity contribution in [2.45, 2.75) is 39.8 Å². The SMILES string of the molecule is CCn1c(=O)[nH]c(=O)c2c(C(=O)NCc3ccc(Br)s3)cc(C(C)C)nc21. The number of thiophene rings is 1. The molecule has 3 heterocycles. The Hall–Kier alpha value is -2.26. The number of pyridine rings is 1. The smallest absolute Gasteiger partial charge is 0.329 e. The maximum atomic E-state index is 12.9. The normalized spacial score (nSPS) is 11.3. The van der Waals surface area contributed by atoms with Crippen LogP contribution in [-0.2, 0) is 13.1 Å². The van der Waals surface area contributed by atoms with Crippen molar-refractivity contribution in [1.82, 2.24) is 19.9 Å². The van der Waals surface area contributed by atoms with E-state index >= 15 is 0 Å². The molecule has 0 fully saturated rings. The van der Waals surface area contributed by atoms with Crippen molar-refractivity contribution in [2.24, 2.45) is 0 Å². The largest absolute Gasteiger partial charge is 0.347 e. The molecule has 1 amide bonds. The van der Waals surface area contributed by atoms with Crippen LogP contribution in [0.2, 0.25) is 0 Å². The van der Waals surface area contributed by atoms with Gasteiger partial charge in [0.15, 0.2) is 5.65 Å². The van der Waals surface area contributed by atoms with Crippen LogP contribution in [0.3, 0.4) is 0 Å². The maximum absolute atomic E-state index is 12.9. The number of carbonyl (C=O) groups excluding carboxylic acids is 1. The van der Waals surface area contributed by atoms with Crippen LogP contribution in [0.4, 0.5) is 0 Å². The monoisotopic (exact) mass is 450 g/mol. The second-order valence-electron chi connectivity index (χ2n) is 6.34. The Labute approximate surface area is 167 Å². The van der Waals surface area contributed by atoms with E-state index in [4.69, 9.17) is 0 Å². The lowest BCUT2D eigenvalue weighted by molar-refractivity contribution is 0.0952. The summed E-state index contributed by atoms with van der Waals surface area (Å²) in [6.45, 7) is 6.37. The minimum absolute atomic E-state index is 0.0360. The summed E-state index contributed by atoms with van der Waals surface area (Å²) < 4.78 is 2.35. The number of fused-ring (bicyclic) bond motifs is 1. The summed E-state index contributed by atoms with van der Waals surface area (Å²) in [6.07, 6.45) is 0. The molecule has 0 radical (unpaired) electrons. The number of aromatic amines is 1. The fourth-order valence-corrected chi connectivity index (χ4v) is 4.19. The summed E-state index contributed by atoms with van der Waals surface area (Å²) >= 11 is 4.92. The Morgan fingerprint density at radius 1 is 1.37 bits per heavy atom. The highest BCUT2D eigenvalue weighted by Gasteiger charge is 2.20. The van der Waals surface area contributed by atoms with Crippen LogP contribution in [0.15, 0.2) is 31.6 Å². The molecule has 0 unspecified atom stereocenters. The number of hydrogen-bond acceptors (Lipinski definition) is 5. The summed E-state index contributed by atoms with van der Waals surface area (Å²) in [6, 6.07) is 5.46. The molecule has 0 aromatic carbocycles. The molecule has 3 aromatic heterocycles. The lowest BCUT2D eigenvalue weighted by Crippen LogP contribution is -2.33. The van der Waals surface area contributed by atoms with Crippen molar-refractivity contribution in [3.8, 4) is 0 Å². The molecule has 3 aromatic rings. The number of nitrogens with zero attached hydrogens (tertiary/aromatic N) is 2. The van der Waals surface area contributed by atoms with Crippen LogP contribution < -0.4 is 16.6 Å². The zero-order valence-electron chi connectivity index (χ0n) is 15.1. The van der Waals surface area contributed by atoms with Gasteiger partial charge in [0.2, 0.25) is 0 Å². The molecule has 0 spiro atoms. The van der Waals surface area contributed by atoms with E-state index in [-0.39, 0.29) is 28.4 Å². The topological polar surface area (TPSA) is 96.9 Å². The zero-order valence-corrected chi connectivity index (χ0v) is 17.5. The Morgan fingerprint density at radius 2 is 2.11 bits per heavy atom. The lowest BCUT2D eigenvalue weighted by Gasteiger charge is -2.14. The third-order valence-corrected chi connectivity index (χ3v) is 5.80. The highest BCUT2D eigenvalue weighted by atomic mass is 79.9. The molecule has 142 valence electrons. The minimum Gasteiger partial charge on any atom is -0.347 e. The molecule has 0 aliphatic rings. The molecule has 2 N–H and O–H groups in total. The van der Waals surface area contributed by atoms with Crippen LogP contribution >= 0.6 is 27.3 Å². The van der Waals surface area contributed by atoms with Crippen molar-refractivity contribution in [3.63, 3.8) is 0 Å². The van der Waals surface area contributed by atoms with Crippen LogP contribution in [-0.4, -0.2) is 20.4 Å². The second-order valence-corrected chi connectivity index (χ2v) is 8.89. The molecular formula is C18H19BrN4O3S. The Balaban J connectivity index is 2.13. The van der Waals surface area contributed by atoms with Crippen LogP contribution in [0.25, 0.3) is 11.0 Å². The third-order valence-electron chi connectivity index (χ3n) is 4.17. The Bertz CT molecular complexity index is 1130. The van der Waals surface area contributed by atoms with Gasteiger partial charge >= 0.3 is 5.69 Å². The Kier molecular flexibility index (Phi) is 5.61. The van der Waals surface area contributed by atoms with E-state index in [2.05, 4.69) is 31.2 Å². The van der Waals surface area contributed by atoms with Crippen LogP contribution in [0.5, 0.6) is 0 Å². The van der Waals surface area contributed by atoms with Crippen molar-refractivity contribution in [3.05, 3.63) is 59.0 Å². The van der Waals surface area contributed by atoms with Gasteiger partial charge in [-0.25, -0.2) is 9.78 Å². The molecular weight excluding hydrogens is 432 g/mol. The highest BCUT2D eigenvalue weighted by Crippen LogP contribution is 2.23. The lowest BCUT2D eigenvalue weighted by atomic mass is 10.0. The van der Waals surface area contributed by atoms with Gasteiger partial charge < -0.3 is 5.32 Å². The van der Waals surface area contributed by atoms with Crippen LogP contribution in [0, 0.1) is 0 Å². The minimum atomic E-state index is -0.605. The average Bonchev–Trinajstić information content (AvgIpc) is 3.04. The van der Waals surface area contributed by atoms with Gasteiger partial charge in [0.1, 0.15) is 0 Å². The summed E-state index contributed by atoms with van der Waals surface area (Å²) in [5.74, 6) is -0.338. The second kappa shape index (κ2) is 7.77. The first-order valence-corrected chi connectivity index (χ1v) is 10.1. The van der Waals surface area contributed by atoms with Gasteiger partial charge in [0, 0.05) is 17.1 Å². The molecule has 27 heavy (non-hydrogen) atoms. The highest BCUT2D eigenvalue weighted by molar-refractivity contribution is 9.11. The molecule has 0 bridgehead atoms. The predicted octanol–water partition coefficient (Wildman–Crippen LogP) is 2.98. The quantitative estimate of drug-likeness (QED) is 0.624. The third kappa shape index (κ3) is 3.89. The van der Waals surface area contributed by atoms with Gasteiger partial charge in [-0.1, -0.05) is 13.8 Å². The summed E-state index contributed by atoms with van der Waals surface area (Å²) in [7, 11) is 0. The molecule has 3 rings (SSSR count). The number of aromatic nitrogens is 3. The predicted molar refractivity (Wildman–Crippen MR) is 110 cm³/mol. The first-order valence-electron chi connectivity index (χ1n) is 8.52. The van der Waals surface area contributed by atoms with Gasteiger partial charge in [0.25, 0.3) is 11.5 Å². The fourth-order valence-electron chi connectivity index (χ4n) is 2.77. The Morgan fingerprint density at radius 3 is 2.70 bits per heavy atom. The number of nitrogens with one attached hydrogen (secondary N) is 2. The first-order chi connectivity index (χ1) is 12.8. The molecule has 7 nitrogen and oxygen atoms in total.